The third-order valence-electron chi connectivity index (χ3n) is 5.50. The van der Waals surface area contributed by atoms with E-state index in [9.17, 15) is 9.59 Å². The van der Waals surface area contributed by atoms with Gasteiger partial charge in [0.05, 0.1) is 7.11 Å². The van der Waals surface area contributed by atoms with Gasteiger partial charge in [-0.05, 0) is 60.6 Å². The standard InChI is InChI=1S/C23H24N2O3/c1-28-23(27)21(13-18-14-24-20-9-5-4-8-19(18)20)25-22(26)17-11-10-15-6-2-3-7-16(15)12-17/h4-5,8-12,14,21,24H,2-3,6-7,13H2,1H3,(H,25,26). The number of aryl methyl sites for hydroxylation is 2. The maximum absolute atomic E-state index is 12.8. The number of nitrogens with one attached hydrogen (secondary N) is 2. The lowest BCUT2D eigenvalue weighted by molar-refractivity contribution is -0.142. The van der Waals surface area contributed by atoms with Crippen molar-refractivity contribution in [3.63, 3.8) is 0 Å². The fraction of sp³-hybridized carbons (Fsp3) is 0.304. The molecule has 5 nitrogen and oxygen atoms in total. The van der Waals surface area contributed by atoms with E-state index in [1.807, 2.05) is 48.7 Å². The van der Waals surface area contributed by atoms with Gasteiger partial charge in [0.1, 0.15) is 6.04 Å². The van der Waals surface area contributed by atoms with Crippen LogP contribution in [0.15, 0.2) is 48.7 Å². The summed E-state index contributed by atoms with van der Waals surface area (Å²) in [5, 5.41) is 3.91. The molecule has 0 bridgehead atoms. The van der Waals surface area contributed by atoms with Gasteiger partial charge in [0.2, 0.25) is 0 Å². The molecule has 0 spiro atoms. The SMILES string of the molecule is COC(=O)C(Cc1c[nH]c2ccccc12)NC(=O)c1ccc2c(c1)CCCC2. The minimum Gasteiger partial charge on any atom is -0.467 e. The highest BCUT2D eigenvalue weighted by Crippen LogP contribution is 2.23. The van der Waals surface area contributed by atoms with Crippen molar-refractivity contribution in [2.24, 2.45) is 0 Å². The summed E-state index contributed by atoms with van der Waals surface area (Å²) in [6.07, 6.45) is 6.69. The third-order valence-corrected chi connectivity index (χ3v) is 5.50. The molecule has 5 heteroatoms. The fourth-order valence-corrected chi connectivity index (χ4v) is 3.97. The number of carbonyl (C=O) groups is 2. The summed E-state index contributed by atoms with van der Waals surface area (Å²) in [4.78, 5) is 28.4. The molecule has 1 amide bonds. The number of rotatable bonds is 5. The van der Waals surface area contributed by atoms with Crippen molar-refractivity contribution >= 4 is 22.8 Å². The second kappa shape index (κ2) is 7.89. The summed E-state index contributed by atoms with van der Waals surface area (Å²) >= 11 is 0. The molecule has 3 aromatic rings. The lowest BCUT2D eigenvalue weighted by Gasteiger charge is -2.19. The number of H-pyrrole nitrogens is 1. The van der Waals surface area contributed by atoms with E-state index >= 15 is 0 Å². The van der Waals surface area contributed by atoms with E-state index in [-0.39, 0.29) is 5.91 Å². The number of benzene rings is 2. The number of fused-ring (bicyclic) bond motifs is 2. The summed E-state index contributed by atoms with van der Waals surface area (Å²) in [5.41, 5.74) is 5.13. The minimum atomic E-state index is -0.743. The van der Waals surface area contributed by atoms with E-state index in [0.29, 0.717) is 12.0 Å². The molecule has 2 N–H and O–H groups in total. The first-order chi connectivity index (χ1) is 13.7. The quantitative estimate of drug-likeness (QED) is 0.669. The Kier molecular flexibility index (Phi) is 5.15. The molecule has 2 aromatic carbocycles. The Morgan fingerprint density at radius 1 is 1.11 bits per heavy atom. The van der Waals surface area contributed by atoms with E-state index in [1.54, 1.807) is 0 Å². The molecule has 1 aliphatic rings. The lowest BCUT2D eigenvalue weighted by atomic mass is 9.90. The molecule has 28 heavy (non-hydrogen) atoms. The highest BCUT2D eigenvalue weighted by molar-refractivity contribution is 5.97. The summed E-state index contributed by atoms with van der Waals surface area (Å²) in [7, 11) is 1.34. The number of aromatic amines is 1. The van der Waals surface area contributed by atoms with Crippen molar-refractivity contribution in [2.75, 3.05) is 7.11 Å². The highest BCUT2D eigenvalue weighted by atomic mass is 16.5. The van der Waals surface area contributed by atoms with E-state index in [0.717, 1.165) is 35.7 Å². The largest absolute Gasteiger partial charge is 0.467 e. The lowest BCUT2D eigenvalue weighted by Crippen LogP contribution is -2.43. The number of amides is 1. The Morgan fingerprint density at radius 2 is 1.89 bits per heavy atom. The van der Waals surface area contributed by atoms with Gasteiger partial charge < -0.3 is 15.0 Å². The molecule has 1 heterocycles. The van der Waals surface area contributed by atoms with Gasteiger partial charge in [-0.3, -0.25) is 4.79 Å². The van der Waals surface area contributed by atoms with Crippen LogP contribution in [0, 0.1) is 0 Å². The molecular weight excluding hydrogens is 352 g/mol. The van der Waals surface area contributed by atoms with Crippen molar-refractivity contribution in [1.82, 2.24) is 10.3 Å². The van der Waals surface area contributed by atoms with Crippen LogP contribution in [0.5, 0.6) is 0 Å². The molecule has 1 aliphatic carbocycles. The first-order valence-electron chi connectivity index (χ1n) is 9.71. The van der Waals surface area contributed by atoms with Crippen molar-refractivity contribution in [3.05, 3.63) is 70.9 Å². The van der Waals surface area contributed by atoms with Crippen molar-refractivity contribution in [1.29, 1.82) is 0 Å². The van der Waals surface area contributed by atoms with Crippen LogP contribution in [0.3, 0.4) is 0 Å². The van der Waals surface area contributed by atoms with Gasteiger partial charge in [0, 0.05) is 29.1 Å². The zero-order valence-corrected chi connectivity index (χ0v) is 16.0. The maximum atomic E-state index is 12.8. The number of ether oxygens (including phenoxy) is 1. The predicted octanol–water partition coefficient (Wildman–Crippen LogP) is 3.56. The third kappa shape index (κ3) is 3.65. The van der Waals surface area contributed by atoms with E-state index < -0.39 is 12.0 Å². The van der Waals surface area contributed by atoms with E-state index in [2.05, 4.69) is 10.3 Å². The number of para-hydroxylation sites is 1. The zero-order chi connectivity index (χ0) is 19.5. The second-order valence-electron chi connectivity index (χ2n) is 7.30. The number of hydrogen-bond donors (Lipinski definition) is 2. The first kappa shape index (κ1) is 18.3. The number of carbonyl (C=O) groups excluding carboxylic acids is 2. The van der Waals surface area contributed by atoms with Gasteiger partial charge in [-0.25, -0.2) is 4.79 Å². The molecule has 0 saturated carbocycles. The van der Waals surface area contributed by atoms with Crippen LogP contribution in [0.25, 0.3) is 10.9 Å². The number of methoxy groups -OCH3 is 1. The van der Waals surface area contributed by atoms with Gasteiger partial charge in [-0.2, -0.15) is 0 Å². The maximum Gasteiger partial charge on any atom is 0.328 e. The topological polar surface area (TPSA) is 71.2 Å². The fourth-order valence-electron chi connectivity index (χ4n) is 3.97. The molecule has 1 unspecified atom stereocenters. The minimum absolute atomic E-state index is 0.247. The number of hydrogen-bond acceptors (Lipinski definition) is 3. The molecule has 0 aliphatic heterocycles. The van der Waals surface area contributed by atoms with Gasteiger partial charge >= 0.3 is 5.97 Å². The highest BCUT2D eigenvalue weighted by Gasteiger charge is 2.24. The summed E-state index contributed by atoms with van der Waals surface area (Å²) in [5.74, 6) is -0.694. The number of aromatic nitrogens is 1. The van der Waals surface area contributed by atoms with Crippen LogP contribution in [0.2, 0.25) is 0 Å². The van der Waals surface area contributed by atoms with Crippen LogP contribution < -0.4 is 5.32 Å². The van der Waals surface area contributed by atoms with Gasteiger partial charge in [-0.15, -0.1) is 0 Å². The van der Waals surface area contributed by atoms with E-state index in [4.69, 9.17) is 4.74 Å². The smallest absolute Gasteiger partial charge is 0.328 e. The molecule has 0 radical (unpaired) electrons. The van der Waals surface area contributed by atoms with Crippen LogP contribution in [-0.4, -0.2) is 30.0 Å². The van der Waals surface area contributed by atoms with Crippen LogP contribution >= 0.6 is 0 Å². The molecule has 144 valence electrons. The molecule has 0 saturated heterocycles. The van der Waals surface area contributed by atoms with Gasteiger partial charge in [0.15, 0.2) is 0 Å². The molecular formula is C23H24N2O3. The average molecular weight is 376 g/mol. The summed E-state index contributed by atoms with van der Waals surface area (Å²) in [6.45, 7) is 0. The first-order valence-corrected chi connectivity index (χ1v) is 9.71. The predicted molar refractivity (Wildman–Crippen MR) is 108 cm³/mol. The molecule has 0 fully saturated rings. The Bertz CT molecular complexity index is 1020. The Balaban J connectivity index is 1.55. The van der Waals surface area contributed by atoms with Gasteiger partial charge in [0.25, 0.3) is 5.91 Å². The van der Waals surface area contributed by atoms with Crippen molar-refractivity contribution in [2.45, 2.75) is 38.1 Å². The normalized spacial score (nSPS) is 14.3. The molecule has 1 atom stereocenters. The second-order valence-corrected chi connectivity index (χ2v) is 7.30. The van der Waals surface area contributed by atoms with Crippen LogP contribution in [0.1, 0.15) is 39.9 Å². The Hall–Kier alpha value is -3.08. The van der Waals surface area contributed by atoms with E-state index in [1.165, 1.54) is 24.7 Å². The monoisotopic (exact) mass is 376 g/mol. The van der Waals surface area contributed by atoms with Crippen molar-refractivity contribution in [3.8, 4) is 0 Å². The zero-order valence-electron chi connectivity index (χ0n) is 16.0. The Morgan fingerprint density at radius 3 is 2.71 bits per heavy atom. The summed E-state index contributed by atoms with van der Waals surface area (Å²) in [6, 6.07) is 13.0. The van der Waals surface area contributed by atoms with Crippen LogP contribution in [0.4, 0.5) is 0 Å². The van der Waals surface area contributed by atoms with Crippen molar-refractivity contribution < 1.29 is 14.3 Å². The number of esters is 1. The van der Waals surface area contributed by atoms with Gasteiger partial charge in [-0.1, -0.05) is 24.3 Å². The molecule has 1 aromatic heterocycles. The average Bonchev–Trinajstić information content (AvgIpc) is 3.15. The summed E-state index contributed by atoms with van der Waals surface area (Å²) < 4.78 is 4.94. The van der Waals surface area contributed by atoms with Crippen LogP contribution in [-0.2, 0) is 28.8 Å². The molecule has 4 rings (SSSR count). The Labute approximate surface area is 164 Å².